The molecule has 0 saturated heterocycles. The van der Waals surface area contributed by atoms with E-state index in [4.69, 9.17) is 4.74 Å². The van der Waals surface area contributed by atoms with Gasteiger partial charge >= 0.3 is 0 Å². The number of carbonyl (C=O) groups is 1. The third kappa shape index (κ3) is 1.88. The molecule has 1 amide bonds. The zero-order chi connectivity index (χ0) is 11.8. The molecule has 0 unspecified atom stereocenters. The minimum absolute atomic E-state index is 0.255. The maximum absolute atomic E-state index is 10.4. The highest BCUT2D eigenvalue weighted by Gasteiger charge is 2.43. The molecule has 6 nitrogen and oxygen atoms in total. The van der Waals surface area contributed by atoms with Crippen LogP contribution in [0.15, 0.2) is 6.20 Å². The maximum atomic E-state index is 10.4. The Labute approximate surface area is 93.2 Å². The zero-order valence-electron chi connectivity index (χ0n) is 9.30. The Morgan fingerprint density at radius 1 is 1.81 bits per heavy atom. The lowest BCUT2D eigenvalue weighted by Gasteiger charge is -2.41. The van der Waals surface area contributed by atoms with E-state index in [1.165, 1.54) is 0 Å². The summed E-state index contributed by atoms with van der Waals surface area (Å²) in [5.41, 5.74) is -0.282. The summed E-state index contributed by atoms with van der Waals surface area (Å²) in [6, 6.07) is 0. The fourth-order valence-electron chi connectivity index (χ4n) is 1.72. The number of hydrogen-bond acceptors (Lipinski definition) is 4. The van der Waals surface area contributed by atoms with Crippen LogP contribution in [-0.2, 0) is 11.8 Å². The molecule has 2 atom stereocenters. The van der Waals surface area contributed by atoms with Gasteiger partial charge in [-0.3, -0.25) is 9.48 Å². The summed E-state index contributed by atoms with van der Waals surface area (Å²) in [6.45, 7) is 1.73. The van der Waals surface area contributed by atoms with Crippen molar-refractivity contribution in [3.8, 4) is 5.88 Å². The summed E-state index contributed by atoms with van der Waals surface area (Å²) in [5, 5.41) is 16.4. The van der Waals surface area contributed by atoms with E-state index in [0.717, 1.165) is 12.8 Å². The number of rotatable bonds is 4. The van der Waals surface area contributed by atoms with Gasteiger partial charge in [0.15, 0.2) is 0 Å². The van der Waals surface area contributed by atoms with Gasteiger partial charge in [0.1, 0.15) is 11.8 Å². The van der Waals surface area contributed by atoms with Crippen molar-refractivity contribution in [3.05, 3.63) is 6.20 Å². The van der Waals surface area contributed by atoms with Crippen molar-refractivity contribution in [1.29, 1.82) is 0 Å². The second kappa shape index (κ2) is 3.79. The Morgan fingerprint density at radius 2 is 2.56 bits per heavy atom. The van der Waals surface area contributed by atoms with Gasteiger partial charge in [-0.15, -0.1) is 5.10 Å². The minimum atomic E-state index is -0.796. The van der Waals surface area contributed by atoms with Crippen LogP contribution < -0.4 is 10.1 Å². The summed E-state index contributed by atoms with van der Waals surface area (Å²) < 4.78 is 7.12. The molecule has 0 aliphatic heterocycles. The van der Waals surface area contributed by atoms with Crippen molar-refractivity contribution in [2.45, 2.75) is 31.5 Å². The van der Waals surface area contributed by atoms with Crippen LogP contribution in [0.5, 0.6) is 5.88 Å². The third-order valence-electron chi connectivity index (χ3n) is 2.87. The molecule has 16 heavy (non-hydrogen) atoms. The monoisotopic (exact) mass is 225 g/mol. The first-order chi connectivity index (χ1) is 7.53. The molecule has 6 heteroatoms. The quantitative estimate of drug-likeness (QED) is 0.722. The van der Waals surface area contributed by atoms with E-state index in [-0.39, 0.29) is 6.10 Å². The molecule has 2 rings (SSSR count). The largest absolute Gasteiger partial charge is 0.469 e. The second-order valence-corrected chi connectivity index (χ2v) is 4.29. The summed E-state index contributed by atoms with van der Waals surface area (Å²) in [5.74, 6) is 0.347. The number of carbonyl (C=O) groups excluding carboxylic acids is 1. The fourth-order valence-corrected chi connectivity index (χ4v) is 1.72. The van der Waals surface area contributed by atoms with Crippen LogP contribution in [0, 0.1) is 0 Å². The van der Waals surface area contributed by atoms with Crippen molar-refractivity contribution >= 4 is 12.1 Å². The van der Waals surface area contributed by atoms with E-state index in [1.54, 1.807) is 24.9 Å². The topological polar surface area (TPSA) is 76.4 Å². The van der Waals surface area contributed by atoms with Crippen molar-refractivity contribution in [1.82, 2.24) is 9.78 Å². The van der Waals surface area contributed by atoms with Gasteiger partial charge in [-0.05, 0) is 19.8 Å². The number of aryl methyl sites for hydroxylation is 1. The molecule has 1 fully saturated rings. The molecule has 0 radical (unpaired) electrons. The normalized spacial score (nSPS) is 28.3. The molecule has 1 saturated carbocycles. The van der Waals surface area contributed by atoms with E-state index < -0.39 is 5.60 Å². The van der Waals surface area contributed by atoms with Crippen LogP contribution in [0.4, 0.5) is 5.69 Å². The highest BCUT2D eigenvalue weighted by Crippen LogP contribution is 2.36. The molecule has 2 N–H and O–H groups in total. The number of amides is 1. The SMILES string of the molecule is Cn1cc(NC=O)c(O[C@@H]2CC[C@@]2(C)O)n1. The summed E-state index contributed by atoms with van der Waals surface area (Å²) in [4.78, 5) is 10.4. The Bertz CT molecular complexity index is 400. The molecule has 0 bridgehead atoms. The van der Waals surface area contributed by atoms with E-state index in [9.17, 15) is 9.90 Å². The Hall–Kier alpha value is -1.56. The molecular weight excluding hydrogens is 210 g/mol. The smallest absolute Gasteiger partial charge is 0.257 e. The van der Waals surface area contributed by atoms with Crippen LogP contribution in [0.3, 0.4) is 0 Å². The molecule has 1 heterocycles. The number of anilines is 1. The van der Waals surface area contributed by atoms with Crippen LogP contribution in [0.1, 0.15) is 19.8 Å². The molecular formula is C10H15N3O3. The zero-order valence-corrected chi connectivity index (χ0v) is 9.30. The van der Waals surface area contributed by atoms with Gasteiger partial charge in [0.05, 0.1) is 11.8 Å². The first-order valence-corrected chi connectivity index (χ1v) is 5.16. The van der Waals surface area contributed by atoms with Crippen LogP contribution in [-0.4, -0.2) is 33.0 Å². The van der Waals surface area contributed by atoms with Crippen molar-refractivity contribution in [2.24, 2.45) is 7.05 Å². The average molecular weight is 225 g/mol. The highest BCUT2D eigenvalue weighted by atomic mass is 16.5. The standard InChI is InChI=1S/C10H15N3O3/c1-10(15)4-3-8(10)16-9-7(11-6-14)5-13(2)12-9/h5-6,8,15H,3-4H2,1-2H3,(H,11,14)/t8-,10-/m1/s1. The Kier molecular flexibility index (Phi) is 2.59. The lowest BCUT2D eigenvalue weighted by atomic mass is 9.79. The Morgan fingerprint density at radius 3 is 3.06 bits per heavy atom. The van der Waals surface area contributed by atoms with Crippen LogP contribution in [0.2, 0.25) is 0 Å². The van der Waals surface area contributed by atoms with Crippen LogP contribution in [0.25, 0.3) is 0 Å². The van der Waals surface area contributed by atoms with Crippen molar-refractivity contribution in [2.75, 3.05) is 5.32 Å². The molecule has 88 valence electrons. The maximum Gasteiger partial charge on any atom is 0.257 e. The van der Waals surface area contributed by atoms with Gasteiger partial charge in [-0.2, -0.15) is 0 Å². The van der Waals surface area contributed by atoms with Gasteiger partial charge in [0.25, 0.3) is 5.88 Å². The van der Waals surface area contributed by atoms with Gasteiger partial charge in [-0.1, -0.05) is 0 Å². The van der Waals surface area contributed by atoms with E-state index in [1.807, 2.05) is 0 Å². The van der Waals surface area contributed by atoms with Gasteiger partial charge in [-0.25, -0.2) is 0 Å². The molecule has 1 aromatic rings. The van der Waals surface area contributed by atoms with E-state index in [0.29, 0.717) is 18.0 Å². The molecule has 0 spiro atoms. The Balaban J connectivity index is 2.11. The number of hydrogen-bond donors (Lipinski definition) is 2. The molecule has 0 aromatic carbocycles. The molecule has 1 aliphatic rings. The first kappa shape index (κ1) is 10.9. The molecule has 1 aliphatic carbocycles. The first-order valence-electron chi connectivity index (χ1n) is 5.16. The van der Waals surface area contributed by atoms with E-state index in [2.05, 4.69) is 10.4 Å². The predicted molar refractivity (Wildman–Crippen MR) is 57.2 cm³/mol. The summed E-state index contributed by atoms with van der Waals surface area (Å²) in [7, 11) is 1.74. The average Bonchev–Trinajstić information content (AvgIpc) is 2.55. The highest BCUT2D eigenvalue weighted by molar-refractivity contribution is 5.73. The van der Waals surface area contributed by atoms with Crippen LogP contribution >= 0.6 is 0 Å². The van der Waals surface area contributed by atoms with Crippen molar-refractivity contribution in [3.63, 3.8) is 0 Å². The third-order valence-corrected chi connectivity index (χ3v) is 2.87. The number of nitrogens with zero attached hydrogens (tertiary/aromatic N) is 2. The minimum Gasteiger partial charge on any atom is -0.469 e. The second-order valence-electron chi connectivity index (χ2n) is 4.29. The summed E-state index contributed by atoms with van der Waals surface area (Å²) in [6.07, 6.45) is 3.49. The van der Waals surface area contributed by atoms with Crippen molar-refractivity contribution < 1.29 is 14.6 Å². The van der Waals surface area contributed by atoms with Gasteiger partial charge < -0.3 is 15.2 Å². The fraction of sp³-hybridized carbons (Fsp3) is 0.600. The number of aliphatic hydroxyl groups is 1. The van der Waals surface area contributed by atoms with E-state index >= 15 is 0 Å². The number of nitrogens with one attached hydrogen (secondary N) is 1. The lowest BCUT2D eigenvalue weighted by Crippen LogP contribution is -2.52. The van der Waals surface area contributed by atoms with Gasteiger partial charge in [0.2, 0.25) is 6.41 Å². The number of aromatic nitrogens is 2. The number of ether oxygens (including phenoxy) is 1. The lowest BCUT2D eigenvalue weighted by molar-refractivity contribution is -0.119. The molecule has 1 aromatic heterocycles. The van der Waals surface area contributed by atoms with Gasteiger partial charge in [0, 0.05) is 7.05 Å². The summed E-state index contributed by atoms with van der Waals surface area (Å²) >= 11 is 0. The predicted octanol–water partition coefficient (Wildman–Crippen LogP) is 0.281.